The average molecular weight is 1250 g/mol. The van der Waals surface area contributed by atoms with Gasteiger partial charge in [0, 0.05) is 6.42 Å². The molecule has 12 unspecified atom stereocenters. The van der Waals surface area contributed by atoms with E-state index in [4.69, 9.17) is 18.9 Å². The molecule has 2 aliphatic rings. The van der Waals surface area contributed by atoms with Crippen LogP contribution in [0.1, 0.15) is 335 Å². The van der Waals surface area contributed by atoms with Gasteiger partial charge in [-0.2, -0.15) is 0 Å². The van der Waals surface area contributed by atoms with Crippen LogP contribution < -0.4 is 5.32 Å². The number of ether oxygens (including phenoxy) is 4. The Kier molecular flexibility index (Phi) is 55.2. The van der Waals surface area contributed by atoms with Crippen molar-refractivity contribution < 1.29 is 64.6 Å². The smallest absolute Gasteiger partial charge is 0.220 e. The number of carbonyl (C=O) groups excluding carboxylic acids is 1. The third-order valence-electron chi connectivity index (χ3n) is 18.3. The summed E-state index contributed by atoms with van der Waals surface area (Å²) >= 11 is 0. The topological polar surface area (TPSA) is 228 Å². The molecule has 2 saturated heterocycles. The number of aliphatic hydroxyl groups excluding tert-OH is 8. The van der Waals surface area contributed by atoms with Crippen molar-refractivity contribution in [2.24, 2.45) is 0 Å². The lowest BCUT2D eigenvalue weighted by Crippen LogP contribution is -2.65. The van der Waals surface area contributed by atoms with Crippen LogP contribution >= 0.6 is 0 Å². The number of hydrogen-bond donors (Lipinski definition) is 9. The second-order valence-corrected chi connectivity index (χ2v) is 26.4. The number of nitrogens with one attached hydrogen (secondary N) is 1. The molecule has 0 radical (unpaired) electrons. The summed E-state index contributed by atoms with van der Waals surface area (Å²) in [5, 5.41) is 87.3. The highest BCUT2D eigenvalue weighted by molar-refractivity contribution is 5.76. The van der Waals surface area contributed by atoms with Crippen molar-refractivity contribution in [1.82, 2.24) is 5.32 Å². The Bertz CT molecular complexity index is 1620. The zero-order chi connectivity index (χ0) is 63.8. The molecule has 0 spiro atoms. The van der Waals surface area contributed by atoms with Gasteiger partial charge in [-0.3, -0.25) is 4.79 Å². The van der Waals surface area contributed by atoms with Crippen molar-refractivity contribution in [1.29, 1.82) is 0 Å². The van der Waals surface area contributed by atoms with Crippen molar-refractivity contribution in [3.8, 4) is 0 Å². The fourth-order valence-corrected chi connectivity index (χ4v) is 12.4. The molecule has 2 rings (SSSR count). The Hall–Kier alpha value is -1.79. The minimum atomic E-state index is -1.79. The SMILES string of the molecule is CCCCCCC/C=C\C/C=C\CCCCCCCCCCCCCCCCCCCCCCCCCCCCCCCC(=O)NC(COC1OC(CO)C(OC2OC(CO)C(O)C(O)C2O)C(O)C1O)C(O)/C=C/CCCCCCCCCCCCC. The van der Waals surface area contributed by atoms with E-state index in [1.54, 1.807) is 6.08 Å². The van der Waals surface area contributed by atoms with Crippen LogP contribution in [0, 0.1) is 0 Å². The predicted octanol–water partition coefficient (Wildman–Crippen LogP) is 15.7. The Morgan fingerprint density at radius 1 is 0.409 bits per heavy atom. The van der Waals surface area contributed by atoms with Crippen molar-refractivity contribution >= 4 is 5.91 Å². The average Bonchev–Trinajstić information content (AvgIpc) is 2.45. The van der Waals surface area contributed by atoms with Crippen LogP contribution in [0.4, 0.5) is 0 Å². The third-order valence-corrected chi connectivity index (χ3v) is 18.3. The highest BCUT2D eigenvalue weighted by Gasteiger charge is 2.51. The van der Waals surface area contributed by atoms with Gasteiger partial charge in [0.25, 0.3) is 0 Å². The molecule has 2 fully saturated rings. The van der Waals surface area contributed by atoms with Gasteiger partial charge in [-0.1, -0.05) is 314 Å². The van der Waals surface area contributed by atoms with Crippen LogP contribution in [0.3, 0.4) is 0 Å². The largest absolute Gasteiger partial charge is 0.394 e. The molecule has 0 bridgehead atoms. The van der Waals surface area contributed by atoms with E-state index in [9.17, 15) is 45.6 Å². The van der Waals surface area contributed by atoms with Gasteiger partial charge in [0.15, 0.2) is 12.6 Å². The van der Waals surface area contributed by atoms with E-state index in [0.29, 0.717) is 6.42 Å². The molecule has 2 heterocycles. The molecule has 0 aromatic rings. The molecule has 12 atom stereocenters. The molecule has 9 N–H and O–H groups in total. The summed E-state index contributed by atoms with van der Waals surface area (Å²) in [7, 11) is 0. The van der Waals surface area contributed by atoms with E-state index in [0.717, 1.165) is 44.9 Å². The first kappa shape index (κ1) is 82.3. The van der Waals surface area contributed by atoms with Gasteiger partial charge < -0.3 is 65.1 Å². The van der Waals surface area contributed by atoms with Crippen LogP contribution in [0.25, 0.3) is 0 Å². The summed E-state index contributed by atoms with van der Waals surface area (Å²) in [6.07, 6.45) is 59.6. The number of amides is 1. The van der Waals surface area contributed by atoms with E-state index in [2.05, 4.69) is 43.5 Å². The highest BCUT2D eigenvalue weighted by Crippen LogP contribution is 2.30. The summed E-state index contributed by atoms with van der Waals surface area (Å²) in [6.45, 7) is 2.81. The maximum atomic E-state index is 13.3. The fraction of sp³-hybridized carbons (Fsp3) is 0.905. The normalized spacial score (nSPS) is 23.3. The highest BCUT2D eigenvalue weighted by atomic mass is 16.7. The molecule has 0 saturated carbocycles. The lowest BCUT2D eigenvalue weighted by molar-refractivity contribution is -0.359. The maximum Gasteiger partial charge on any atom is 0.220 e. The summed E-state index contributed by atoms with van der Waals surface area (Å²) in [5.41, 5.74) is 0. The van der Waals surface area contributed by atoms with Gasteiger partial charge in [-0.15, -0.1) is 0 Å². The quantitative estimate of drug-likeness (QED) is 0.0204. The number of hydrogen-bond acceptors (Lipinski definition) is 13. The molecule has 14 nitrogen and oxygen atoms in total. The molecule has 1 amide bonds. The van der Waals surface area contributed by atoms with Gasteiger partial charge in [-0.05, 0) is 51.4 Å². The fourth-order valence-electron chi connectivity index (χ4n) is 12.4. The minimum Gasteiger partial charge on any atom is -0.394 e. The summed E-state index contributed by atoms with van der Waals surface area (Å²) in [6, 6.07) is -0.911. The monoisotopic (exact) mass is 1250 g/mol. The molecule has 518 valence electrons. The van der Waals surface area contributed by atoms with E-state index >= 15 is 0 Å². The molecule has 2 aliphatic heterocycles. The third kappa shape index (κ3) is 42.4. The Labute approximate surface area is 538 Å². The number of allylic oxidation sites excluding steroid dienone is 5. The first-order chi connectivity index (χ1) is 43.1. The molecular weight excluding hydrogens is 1110 g/mol. The Balaban J connectivity index is 1.52. The van der Waals surface area contributed by atoms with Gasteiger partial charge in [-0.25, -0.2) is 0 Å². The van der Waals surface area contributed by atoms with Crippen molar-refractivity contribution in [3.63, 3.8) is 0 Å². The number of rotatable bonds is 62. The van der Waals surface area contributed by atoms with Gasteiger partial charge in [0.05, 0.1) is 32.0 Å². The van der Waals surface area contributed by atoms with Crippen molar-refractivity contribution in [2.45, 2.75) is 408 Å². The van der Waals surface area contributed by atoms with Crippen LogP contribution in [0.15, 0.2) is 36.5 Å². The molecule has 0 aromatic heterocycles. The Morgan fingerprint density at radius 2 is 0.750 bits per heavy atom. The first-order valence-electron chi connectivity index (χ1n) is 37.2. The second-order valence-electron chi connectivity index (χ2n) is 26.4. The maximum absolute atomic E-state index is 13.3. The van der Waals surface area contributed by atoms with Crippen LogP contribution in [0.5, 0.6) is 0 Å². The summed E-state index contributed by atoms with van der Waals surface area (Å²) in [4.78, 5) is 13.3. The number of carbonyl (C=O) groups is 1. The van der Waals surface area contributed by atoms with E-state index < -0.39 is 86.8 Å². The second kappa shape index (κ2) is 59.0. The molecule has 0 aromatic carbocycles. The van der Waals surface area contributed by atoms with Crippen molar-refractivity contribution in [3.05, 3.63) is 36.5 Å². The molecule has 0 aliphatic carbocycles. The van der Waals surface area contributed by atoms with Crippen molar-refractivity contribution in [2.75, 3.05) is 19.8 Å². The lowest BCUT2D eigenvalue weighted by atomic mass is 9.97. The van der Waals surface area contributed by atoms with E-state index in [1.165, 1.54) is 263 Å². The van der Waals surface area contributed by atoms with E-state index in [-0.39, 0.29) is 18.9 Å². The molecule has 14 heteroatoms. The Morgan fingerprint density at radius 3 is 1.14 bits per heavy atom. The summed E-state index contributed by atoms with van der Waals surface area (Å²) < 4.78 is 22.8. The van der Waals surface area contributed by atoms with E-state index in [1.807, 2.05) is 6.08 Å². The minimum absolute atomic E-state index is 0.234. The molecule has 88 heavy (non-hydrogen) atoms. The lowest BCUT2D eigenvalue weighted by Gasteiger charge is -2.46. The standard InChI is InChI=1S/C74H139NO13/c1-3-5-7-9-11-13-15-17-18-19-20-21-22-23-24-25-26-27-28-29-30-31-32-33-34-35-36-37-38-39-40-41-42-43-44-46-48-50-52-54-56-58-66(79)75-62(63(78)57-55-53-51-49-47-45-16-14-12-10-8-6-4-2)61-85-73-71(84)69(82)72(65(60-77)87-73)88-74-70(83)68(81)67(80)64(59-76)86-74/h15,17,19-20,55,57,62-65,67-74,76-78,80-84H,3-14,16,18,21-54,56,58-61H2,1-2H3,(H,75,79)/b17-15-,20-19-,57-55+. The summed E-state index contributed by atoms with van der Waals surface area (Å²) in [5.74, 6) is -0.234. The zero-order valence-electron chi connectivity index (χ0n) is 56.5. The predicted molar refractivity (Wildman–Crippen MR) is 360 cm³/mol. The van der Waals surface area contributed by atoms with Crippen LogP contribution in [-0.2, 0) is 23.7 Å². The van der Waals surface area contributed by atoms with Gasteiger partial charge in [0.2, 0.25) is 5.91 Å². The molecular formula is C74H139NO13. The number of unbranched alkanes of at least 4 members (excludes halogenated alkanes) is 45. The van der Waals surface area contributed by atoms with Crippen LogP contribution in [-0.4, -0.2) is 140 Å². The zero-order valence-corrected chi connectivity index (χ0v) is 56.5. The van der Waals surface area contributed by atoms with Crippen LogP contribution in [0.2, 0.25) is 0 Å². The van der Waals surface area contributed by atoms with Gasteiger partial charge >= 0.3 is 0 Å². The van der Waals surface area contributed by atoms with Gasteiger partial charge in [0.1, 0.15) is 48.8 Å². The number of aliphatic hydroxyl groups is 8. The first-order valence-corrected chi connectivity index (χ1v) is 37.2.